The van der Waals surface area contributed by atoms with Crippen molar-refractivity contribution in [1.82, 2.24) is 5.32 Å². The zero-order chi connectivity index (χ0) is 12.1. The van der Waals surface area contributed by atoms with E-state index in [1.807, 2.05) is 0 Å². The Balaban J connectivity index is 1.86. The first-order valence-electron chi connectivity index (χ1n) is 7.99. The molecule has 0 aliphatic heterocycles. The van der Waals surface area contributed by atoms with Crippen LogP contribution in [0, 0.1) is 23.7 Å². The molecule has 1 N–H and O–H groups in total. The second-order valence-corrected chi connectivity index (χ2v) is 6.46. The summed E-state index contributed by atoms with van der Waals surface area (Å²) in [6.45, 7) is 3.63. The van der Waals surface area contributed by atoms with Crippen molar-refractivity contribution in [3.63, 3.8) is 0 Å². The lowest BCUT2D eigenvalue weighted by Crippen LogP contribution is -2.34. The van der Waals surface area contributed by atoms with Crippen LogP contribution >= 0.6 is 0 Å². The zero-order valence-electron chi connectivity index (χ0n) is 11.9. The molecular weight excluding hydrogens is 206 g/mol. The van der Waals surface area contributed by atoms with Crippen molar-refractivity contribution in [2.75, 3.05) is 13.6 Å². The van der Waals surface area contributed by atoms with Crippen LogP contribution in [0.2, 0.25) is 0 Å². The van der Waals surface area contributed by atoms with Crippen LogP contribution in [0.15, 0.2) is 0 Å². The third-order valence-electron chi connectivity index (χ3n) is 5.51. The largest absolute Gasteiger partial charge is 0.319 e. The Bertz CT molecular complexity index is 204. The minimum Gasteiger partial charge on any atom is -0.319 e. The smallest absolute Gasteiger partial charge is 0.00208 e. The molecule has 0 heterocycles. The molecule has 0 aromatic heterocycles. The highest BCUT2D eigenvalue weighted by molar-refractivity contribution is 4.85. The molecule has 0 aromatic rings. The van der Waals surface area contributed by atoms with Crippen LogP contribution < -0.4 is 5.32 Å². The van der Waals surface area contributed by atoms with Crippen molar-refractivity contribution in [3.8, 4) is 0 Å². The normalized spacial score (nSPS) is 39.2. The molecule has 0 amide bonds. The van der Waals surface area contributed by atoms with Gasteiger partial charge in [0, 0.05) is 0 Å². The van der Waals surface area contributed by atoms with E-state index in [2.05, 4.69) is 19.3 Å². The van der Waals surface area contributed by atoms with E-state index in [0.717, 1.165) is 23.7 Å². The minimum atomic E-state index is 0.983. The van der Waals surface area contributed by atoms with Gasteiger partial charge in [-0.1, -0.05) is 39.0 Å². The van der Waals surface area contributed by atoms with Gasteiger partial charge in [-0.15, -0.1) is 0 Å². The van der Waals surface area contributed by atoms with Gasteiger partial charge < -0.3 is 5.32 Å². The lowest BCUT2D eigenvalue weighted by atomic mass is 9.66. The molecule has 2 atom stereocenters. The molecular formula is C16H31N. The molecule has 2 fully saturated rings. The van der Waals surface area contributed by atoms with E-state index < -0.39 is 0 Å². The summed E-state index contributed by atoms with van der Waals surface area (Å²) in [4.78, 5) is 0. The fraction of sp³-hybridized carbons (Fsp3) is 1.00. The van der Waals surface area contributed by atoms with Crippen molar-refractivity contribution in [2.45, 2.75) is 64.7 Å². The zero-order valence-corrected chi connectivity index (χ0v) is 11.9. The SMILES string of the molecule is CCC1CCC(C2CCCCC2CNC)CC1. The Kier molecular flexibility index (Phi) is 5.34. The van der Waals surface area contributed by atoms with Crippen LogP contribution in [0.3, 0.4) is 0 Å². The fourth-order valence-electron chi connectivity index (χ4n) is 4.40. The number of hydrogen-bond acceptors (Lipinski definition) is 1. The monoisotopic (exact) mass is 237 g/mol. The van der Waals surface area contributed by atoms with Crippen LogP contribution in [-0.4, -0.2) is 13.6 Å². The third kappa shape index (κ3) is 3.47. The second-order valence-electron chi connectivity index (χ2n) is 6.46. The molecule has 2 aliphatic rings. The molecule has 0 saturated heterocycles. The molecule has 2 unspecified atom stereocenters. The lowest BCUT2D eigenvalue weighted by Gasteiger charge is -2.40. The van der Waals surface area contributed by atoms with Crippen molar-refractivity contribution in [3.05, 3.63) is 0 Å². The van der Waals surface area contributed by atoms with Gasteiger partial charge in [-0.3, -0.25) is 0 Å². The van der Waals surface area contributed by atoms with E-state index in [1.54, 1.807) is 0 Å². The molecule has 0 bridgehead atoms. The predicted octanol–water partition coefficient (Wildman–Crippen LogP) is 4.23. The highest BCUT2D eigenvalue weighted by atomic mass is 14.8. The fourth-order valence-corrected chi connectivity index (χ4v) is 4.40. The highest BCUT2D eigenvalue weighted by Gasteiger charge is 2.33. The maximum atomic E-state index is 3.43. The first-order chi connectivity index (χ1) is 8.35. The predicted molar refractivity (Wildman–Crippen MR) is 75.1 cm³/mol. The standard InChI is InChI=1S/C16H31N/c1-3-13-8-10-14(11-9-13)16-7-5-4-6-15(16)12-17-2/h13-17H,3-12H2,1-2H3. The summed E-state index contributed by atoms with van der Waals surface area (Å²) in [7, 11) is 2.12. The van der Waals surface area contributed by atoms with Crippen LogP contribution in [-0.2, 0) is 0 Å². The second kappa shape index (κ2) is 6.78. The quantitative estimate of drug-likeness (QED) is 0.771. The van der Waals surface area contributed by atoms with Gasteiger partial charge >= 0.3 is 0 Å². The summed E-state index contributed by atoms with van der Waals surface area (Å²) in [6, 6.07) is 0. The van der Waals surface area contributed by atoms with Crippen LogP contribution in [0.1, 0.15) is 64.7 Å². The summed E-state index contributed by atoms with van der Waals surface area (Å²) in [6.07, 6.45) is 13.5. The van der Waals surface area contributed by atoms with Crippen LogP contribution in [0.4, 0.5) is 0 Å². The topological polar surface area (TPSA) is 12.0 Å². The van der Waals surface area contributed by atoms with Gasteiger partial charge in [0.2, 0.25) is 0 Å². The Morgan fingerprint density at radius 3 is 2.29 bits per heavy atom. The number of nitrogens with one attached hydrogen (secondary N) is 1. The van der Waals surface area contributed by atoms with E-state index in [0.29, 0.717) is 0 Å². The maximum Gasteiger partial charge on any atom is -0.00208 e. The summed E-state index contributed by atoms with van der Waals surface area (Å²) in [5, 5.41) is 3.43. The van der Waals surface area contributed by atoms with Gasteiger partial charge in [0.05, 0.1) is 0 Å². The summed E-state index contributed by atoms with van der Waals surface area (Å²) in [5.41, 5.74) is 0. The highest BCUT2D eigenvalue weighted by Crippen LogP contribution is 2.43. The van der Waals surface area contributed by atoms with Gasteiger partial charge in [-0.05, 0) is 62.9 Å². The molecule has 2 aliphatic carbocycles. The molecule has 1 nitrogen and oxygen atoms in total. The van der Waals surface area contributed by atoms with E-state index in [1.165, 1.54) is 64.3 Å². The van der Waals surface area contributed by atoms with Crippen molar-refractivity contribution in [1.29, 1.82) is 0 Å². The van der Waals surface area contributed by atoms with E-state index in [4.69, 9.17) is 0 Å². The molecule has 2 saturated carbocycles. The number of rotatable bonds is 4. The average molecular weight is 237 g/mol. The molecule has 2 rings (SSSR count). The van der Waals surface area contributed by atoms with Gasteiger partial charge in [0.1, 0.15) is 0 Å². The van der Waals surface area contributed by atoms with Crippen LogP contribution in [0.25, 0.3) is 0 Å². The summed E-state index contributed by atoms with van der Waals surface area (Å²) in [5.74, 6) is 4.15. The van der Waals surface area contributed by atoms with E-state index in [9.17, 15) is 0 Å². The molecule has 0 spiro atoms. The van der Waals surface area contributed by atoms with Crippen molar-refractivity contribution in [2.24, 2.45) is 23.7 Å². The average Bonchev–Trinajstić information content (AvgIpc) is 2.40. The molecule has 0 aromatic carbocycles. The Labute approximate surface area is 108 Å². The Morgan fingerprint density at radius 2 is 1.65 bits per heavy atom. The summed E-state index contributed by atoms with van der Waals surface area (Å²) < 4.78 is 0. The molecule has 17 heavy (non-hydrogen) atoms. The van der Waals surface area contributed by atoms with Gasteiger partial charge in [0.15, 0.2) is 0 Å². The molecule has 0 radical (unpaired) electrons. The van der Waals surface area contributed by atoms with Gasteiger partial charge in [-0.25, -0.2) is 0 Å². The maximum absolute atomic E-state index is 3.43. The van der Waals surface area contributed by atoms with Crippen LogP contribution in [0.5, 0.6) is 0 Å². The summed E-state index contributed by atoms with van der Waals surface area (Å²) >= 11 is 0. The minimum absolute atomic E-state index is 0.983. The van der Waals surface area contributed by atoms with E-state index in [-0.39, 0.29) is 0 Å². The van der Waals surface area contributed by atoms with Gasteiger partial charge in [0.25, 0.3) is 0 Å². The van der Waals surface area contributed by atoms with Gasteiger partial charge in [-0.2, -0.15) is 0 Å². The third-order valence-corrected chi connectivity index (χ3v) is 5.51. The molecule has 100 valence electrons. The first-order valence-corrected chi connectivity index (χ1v) is 7.99. The lowest BCUT2D eigenvalue weighted by molar-refractivity contribution is 0.112. The Morgan fingerprint density at radius 1 is 0.941 bits per heavy atom. The molecule has 1 heteroatoms. The first kappa shape index (κ1) is 13.4. The van der Waals surface area contributed by atoms with E-state index >= 15 is 0 Å². The number of hydrogen-bond donors (Lipinski definition) is 1. The Hall–Kier alpha value is -0.0400. The van der Waals surface area contributed by atoms with Crippen molar-refractivity contribution >= 4 is 0 Å². The van der Waals surface area contributed by atoms with Crippen molar-refractivity contribution < 1.29 is 0 Å².